The molecule has 0 radical (unpaired) electrons. The van der Waals surface area contributed by atoms with Crippen LogP contribution < -0.4 is 16.0 Å². The molecule has 0 aromatic carbocycles. The summed E-state index contributed by atoms with van der Waals surface area (Å²) in [5.74, 6) is -4.02. The standard InChI is InChI=1S/C35H61N3O9/c39-30(17-15-13-11-9-7-5-3-1-2-4-6-8-10-12-14-16-18-32(41)42)36-25-27-19-21-28(22-20-27)34(45)38-29(35(46)47)23-24-31(40)37-26-33(43)44/h27-29H,1-26H2,(H,36,39)(H,37,40)(H,38,45)(H,41,42)(H,43,44)(H,46,47)/t27-,28-,29?. The van der Waals surface area contributed by atoms with Crippen molar-refractivity contribution in [2.75, 3.05) is 13.1 Å². The van der Waals surface area contributed by atoms with Gasteiger partial charge < -0.3 is 31.3 Å². The largest absolute Gasteiger partial charge is 0.481 e. The lowest BCUT2D eigenvalue weighted by Crippen LogP contribution is -2.45. The highest BCUT2D eigenvalue weighted by molar-refractivity contribution is 5.86. The van der Waals surface area contributed by atoms with E-state index in [1.54, 1.807) is 0 Å². The van der Waals surface area contributed by atoms with Crippen molar-refractivity contribution in [1.29, 1.82) is 0 Å². The fraction of sp³-hybridized carbons (Fsp3) is 0.829. The zero-order chi connectivity index (χ0) is 34.7. The Balaban J connectivity index is 1.99. The van der Waals surface area contributed by atoms with E-state index < -0.39 is 36.4 Å². The van der Waals surface area contributed by atoms with Gasteiger partial charge >= 0.3 is 17.9 Å². The van der Waals surface area contributed by atoms with Crippen LogP contribution in [0.4, 0.5) is 0 Å². The van der Waals surface area contributed by atoms with Gasteiger partial charge in [0.15, 0.2) is 0 Å². The van der Waals surface area contributed by atoms with Crippen LogP contribution in [0.3, 0.4) is 0 Å². The molecule has 0 bridgehead atoms. The van der Waals surface area contributed by atoms with Gasteiger partial charge in [0.2, 0.25) is 17.7 Å². The number of aliphatic carboxylic acids is 3. The Morgan fingerprint density at radius 2 is 0.979 bits per heavy atom. The molecular formula is C35H61N3O9. The average molecular weight is 668 g/mol. The first-order chi connectivity index (χ1) is 22.6. The molecule has 3 amide bonds. The van der Waals surface area contributed by atoms with Crippen molar-refractivity contribution >= 4 is 35.6 Å². The Morgan fingerprint density at radius 3 is 1.43 bits per heavy atom. The van der Waals surface area contributed by atoms with Crippen molar-refractivity contribution in [2.24, 2.45) is 11.8 Å². The van der Waals surface area contributed by atoms with E-state index in [2.05, 4.69) is 16.0 Å². The maximum Gasteiger partial charge on any atom is 0.326 e. The zero-order valence-electron chi connectivity index (χ0n) is 28.4. The van der Waals surface area contributed by atoms with E-state index in [0.29, 0.717) is 32.2 Å². The van der Waals surface area contributed by atoms with Crippen LogP contribution in [0.15, 0.2) is 0 Å². The van der Waals surface area contributed by atoms with Gasteiger partial charge in [-0.2, -0.15) is 0 Å². The quantitative estimate of drug-likeness (QED) is 0.0552. The van der Waals surface area contributed by atoms with Crippen molar-refractivity contribution < 1.29 is 44.1 Å². The molecule has 12 heteroatoms. The average Bonchev–Trinajstić information content (AvgIpc) is 3.03. The third kappa shape index (κ3) is 23.7. The Bertz CT molecular complexity index is 935. The summed E-state index contributed by atoms with van der Waals surface area (Å²) in [6, 6.07) is -1.22. The number of amides is 3. The number of hydrogen-bond donors (Lipinski definition) is 6. The third-order valence-corrected chi connectivity index (χ3v) is 9.06. The summed E-state index contributed by atoms with van der Waals surface area (Å²) in [5.41, 5.74) is 0. The van der Waals surface area contributed by atoms with Crippen LogP contribution in [-0.2, 0) is 28.8 Å². The second-order valence-corrected chi connectivity index (χ2v) is 13.2. The first-order valence-electron chi connectivity index (χ1n) is 18.1. The van der Waals surface area contributed by atoms with Gasteiger partial charge in [0, 0.05) is 31.7 Å². The fourth-order valence-corrected chi connectivity index (χ4v) is 6.10. The van der Waals surface area contributed by atoms with Crippen LogP contribution in [0.1, 0.15) is 154 Å². The molecule has 1 aliphatic carbocycles. The maximum atomic E-state index is 12.7. The third-order valence-electron chi connectivity index (χ3n) is 9.06. The molecular weight excluding hydrogens is 606 g/mol. The monoisotopic (exact) mass is 667 g/mol. The number of carboxylic acids is 3. The van der Waals surface area contributed by atoms with Crippen LogP contribution >= 0.6 is 0 Å². The van der Waals surface area contributed by atoms with Crippen LogP contribution in [0, 0.1) is 11.8 Å². The highest BCUT2D eigenvalue weighted by atomic mass is 16.4. The summed E-state index contributed by atoms with van der Waals surface area (Å²) >= 11 is 0. The number of unbranched alkanes of at least 4 members (excludes halogenated alkanes) is 15. The summed E-state index contributed by atoms with van der Waals surface area (Å²) in [6.45, 7) is 0.0449. The predicted molar refractivity (Wildman–Crippen MR) is 179 cm³/mol. The normalized spacial score (nSPS) is 16.6. The highest BCUT2D eigenvalue weighted by Gasteiger charge is 2.29. The van der Waals surface area contributed by atoms with Crippen molar-refractivity contribution in [1.82, 2.24) is 16.0 Å². The molecule has 6 N–H and O–H groups in total. The minimum Gasteiger partial charge on any atom is -0.481 e. The van der Waals surface area contributed by atoms with E-state index >= 15 is 0 Å². The number of hydrogen-bond acceptors (Lipinski definition) is 6. The zero-order valence-corrected chi connectivity index (χ0v) is 28.4. The molecule has 1 fully saturated rings. The molecule has 270 valence electrons. The lowest BCUT2D eigenvalue weighted by atomic mass is 9.81. The lowest BCUT2D eigenvalue weighted by Gasteiger charge is -2.28. The van der Waals surface area contributed by atoms with Gasteiger partial charge in [0.05, 0.1) is 0 Å². The summed E-state index contributed by atoms with van der Waals surface area (Å²) in [5, 5.41) is 34.4. The summed E-state index contributed by atoms with van der Waals surface area (Å²) in [7, 11) is 0. The number of carbonyl (C=O) groups excluding carboxylic acids is 3. The van der Waals surface area contributed by atoms with Gasteiger partial charge in [-0.1, -0.05) is 89.9 Å². The highest BCUT2D eigenvalue weighted by Crippen LogP contribution is 2.29. The molecule has 0 aromatic heterocycles. The Hall–Kier alpha value is -3.18. The molecule has 0 aromatic rings. The second-order valence-electron chi connectivity index (χ2n) is 13.2. The predicted octanol–water partition coefficient (Wildman–Crippen LogP) is 5.57. The Labute approximate surface area is 280 Å². The van der Waals surface area contributed by atoms with E-state index in [9.17, 15) is 33.9 Å². The Morgan fingerprint density at radius 1 is 0.532 bits per heavy atom. The van der Waals surface area contributed by atoms with Crippen molar-refractivity contribution in [3.05, 3.63) is 0 Å². The first kappa shape index (κ1) is 41.8. The van der Waals surface area contributed by atoms with Crippen LogP contribution in [0.2, 0.25) is 0 Å². The molecule has 0 saturated heterocycles. The molecule has 0 aliphatic heterocycles. The number of carboxylic acid groups (broad SMARTS) is 3. The van der Waals surface area contributed by atoms with Gasteiger partial charge in [0.25, 0.3) is 0 Å². The van der Waals surface area contributed by atoms with Crippen LogP contribution in [-0.4, -0.2) is 70.1 Å². The van der Waals surface area contributed by atoms with Gasteiger partial charge in [-0.3, -0.25) is 24.0 Å². The van der Waals surface area contributed by atoms with Crippen molar-refractivity contribution in [2.45, 2.75) is 160 Å². The van der Waals surface area contributed by atoms with E-state index in [-0.39, 0.29) is 36.5 Å². The number of rotatable bonds is 29. The summed E-state index contributed by atoms with van der Waals surface area (Å²) in [4.78, 5) is 69.2. The Kier molecular flexibility index (Phi) is 23.9. The minimum atomic E-state index is -1.24. The molecule has 1 atom stereocenters. The molecule has 12 nitrogen and oxygen atoms in total. The van der Waals surface area contributed by atoms with E-state index in [4.69, 9.17) is 10.2 Å². The van der Waals surface area contributed by atoms with E-state index in [1.807, 2.05) is 0 Å². The first-order valence-corrected chi connectivity index (χ1v) is 18.1. The molecule has 1 rings (SSSR count). The fourth-order valence-electron chi connectivity index (χ4n) is 6.10. The minimum absolute atomic E-state index is 0.0692. The van der Waals surface area contributed by atoms with Gasteiger partial charge in [0.1, 0.15) is 12.6 Å². The van der Waals surface area contributed by atoms with Gasteiger partial charge in [-0.15, -0.1) is 0 Å². The molecule has 1 unspecified atom stereocenters. The van der Waals surface area contributed by atoms with Crippen molar-refractivity contribution in [3.8, 4) is 0 Å². The number of carbonyl (C=O) groups is 6. The molecule has 1 aliphatic rings. The van der Waals surface area contributed by atoms with Gasteiger partial charge in [-0.25, -0.2) is 4.79 Å². The topological polar surface area (TPSA) is 199 Å². The number of nitrogens with one attached hydrogen (secondary N) is 3. The molecule has 47 heavy (non-hydrogen) atoms. The van der Waals surface area contributed by atoms with Gasteiger partial charge in [-0.05, 0) is 50.9 Å². The smallest absolute Gasteiger partial charge is 0.326 e. The second kappa shape index (κ2) is 26.8. The SMILES string of the molecule is O=C(O)CCCCCCCCCCCCCCCCCCC(=O)NC[C@H]1CC[C@H](C(=O)NC(CCC(=O)NCC(=O)O)C(=O)O)CC1. The molecule has 0 heterocycles. The van der Waals surface area contributed by atoms with E-state index in [1.165, 1.54) is 64.2 Å². The summed E-state index contributed by atoms with van der Waals surface area (Å²) < 4.78 is 0. The molecule has 1 saturated carbocycles. The van der Waals surface area contributed by atoms with Crippen molar-refractivity contribution in [3.63, 3.8) is 0 Å². The van der Waals surface area contributed by atoms with E-state index in [0.717, 1.165) is 51.4 Å². The van der Waals surface area contributed by atoms with Crippen LogP contribution in [0.25, 0.3) is 0 Å². The molecule has 0 spiro atoms. The summed E-state index contributed by atoms with van der Waals surface area (Å²) in [6.07, 6.45) is 22.1. The lowest BCUT2D eigenvalue weighted by molar-refractivity contribution is -0.143. The maximum absolute atomic E-state index is 12.7. The van der Waals surface area contributed by atoms with Crippen LogP contribution in [0.5, 0.6) is 0 Å².